The first-order chi connectivity index (χ1) is 9.78. The minimum absolute atomic E-state index is 0.443. The molecule has 1 aromatic carbocycles. The van der Waals surface area contributed by atoms with E-state index in [1.165, 1.54) is 49.8 Å². The fraction of sp³-hybridized carbons (Fsp3) is 0.667. The van der Waals surface area contributed by atoms with E-state index >= 15 is 0 Å². The highest BCUT2D eigenvalue weighted by atomic mass is 16.5. The molecule has 1 aromatic rings. The van der Waals surface area contributed by atoms with Gasteiger partial charge >= 0.3 is 0 Å². The number of aryl methyl sites for hydroxylation is 1. The summed E-state index contributed by atoms with van der Waals surface area (Å²) in [6, 6.07) is 9.62. The standard InChI is InChI=1S/C18H27NO/c1-3-6-14-7-9-15(10-8-14)19-16-13-17(20-4-2)18(16)11-5-12-18/h7-10,16-17,19H,3-6,11-13H2,1-2H3. The molecule has 3 rings (SSSR count). The van der Waals surface area contributed by atoms with Crippen LogP contribution in [0.1, 0.15) is 51.5 Å². The Labute approximate surface area is 122 Å². The van der Waals surface area contributed by atoms with E-state index in [4.69, 9.17) is 4.74 Å². The molecule has 2 unspecified atom stereocenters. The van der Waals surface area contributed by atoms with Crippen LogP contribution in [0.3, 0.4) is 0 Å². The molecule has 2 saturated carbocycles. The molecule has 2 heteroatoms. The molecule has 0 bridgehead atoms. The van der Waals surface area contributed by atoms with Crippen molar-refractivity contribution in [2.24, 2.45) is 5.41 Å². The van der Waals surface area contributed by atoms with E-state index in [1.54, 1.807) is 0 Å². The van der Waals surface area contributed by atoms with Crippen molar-refractivity contribution in [1.29, 1.82) is 0 Å². The molecule has 2 aliphatic carbocycles. The largest absolute Gasteiger partial charge is 0.382 e. The van der Waals surface area contributed by atoms with Crippen LogP contribution >= 0.6 is 0 Å². The first kappa shape index (κ1) is 13.9. The average molecular weight is 273 g/mol. The van der Waals surface area contributed by atoms with Crippen LogP contribution in [-0.4, -0.2) is 18.8 Å². The van der Waals surface area contributed by atoms with Crippen molar-refractivity contribution in [1.82, 2.24) is 0 Å². The second kappa shape index (κ2) is 5.77. The number of nitrogens with one attached hydrogen (secondary N) is 1. The van der Waals surface area contributed by atoms with E-state index in [9.17, 15) is 0 Å². The van der Waals surface area contributed by atoms with E-state index in [0.717, 1.165) is 6.61 Å². The topological polar surface area (TPSA) is 21.3 Å². The molecule has 2 aliphatic rings. The van der Waals surface area contributed by atoms with Gasteiger partial charge < -0.3 is 10.1 Å². The predicted molar refractivity (Wildman–Crippen MR) is 84.2 cm³/mol. The third-order valence-electron chi connectivity index (χ3n) is 5.27. The van der Waals surface area contributed by atoms with E-state index < -0.39 is 0 Å². The maximum absolute atomic E-state index is 5.91. The molecule has 0 saturated heterocycles. The molecule has 2 nitrogen and oxygen atoms in total. The summed E-state index contributed by atoms with van der Waals surface area (Å²) in [5.41, 5.74) is 3.16. The van der Waals surface area contributed by atoms with Gasteiger partial charge in [-0.15, -0.1) is 0 Å². The maximum Gasteiger partial charge on any atom is 0.0670 e. The predicted octanol–water partition coefficient (Wildman–Crippen LogP) is 4.40. The lowest BCUT2D eigenvalue weighted by Gasteiger charge is -2.61. The molecule has 20 heavy (non-hydrogen) atoms. The van der Waals surface area contributed by atoms with Crippen molar-refractivity contribution in [3.05, 3.63) is 29.8 Å². The second-order valence-electron chi connectivity index (χ2n) is 6.41. The molecule has 2 atom stereocenters. The minimum Gasteiger partial charge on any atom is -0.382 e. The lowest BCUT2D eigenvalue weighted by atomic mass is 9.51. The van der Waals surface area contributed by atoms with Gasteiger partial charge in [-0.3, -0.25) is 0 Å². The monoisotopic (exact) mass is 273 g/mol. The fourth-order valence-electron chi connectivity index (χ4n) is 3.90. The SMILES string of the molecule is CCCc1ccc(NC2CC(OCC)C23CCC3)cc1. The Morgan fingerprint density at radius 2 is 1.95 bits per heavy atom. The van der Waals surface area contributed by atoms with Crippen LogP contribution in [0, 0.1) is 5.41 Å². The number of rotatable bonds is 6. The molecular weight excluding hydrogens is 246 g/mol. The Hall–Kier alpha value is -1.02. The molecule has 1 N–H and O–H groups in total. The van der Waals surface area contributed by atoms with Gasteiger partial charge in [-0.1, -0.05) is 31.9 Å². The Balaban J connectivity index is 1.61. The van der Waals surface area contributed by atoms with Gasteiger partial charge in [0.1, 0.15) is 0 Å². The van der Waals surface area contributed by atoms with Crippen LogP contribution in [0.15, 0.2) is 24.3 Å². The molecular formula is C18H27NO. The number of hydrogen-bond acceptors (Lipinski definition) is 2. The molecule has 0 radical (unpaired) electrons. The zero-order valence-corrected chi connectivity index (χ0v) is 12.8. The Bertz CT molecular complexity index is 435. The van der Waals surface area contributed by atoms with Crippen molar-refractivity contribution in [2.75, 3.05) is 11.9 Å². The fourth-order valence-corrected chi connectivity index (χ4v) is 3.90. The highest BCUT2D eigenvalue weighted by molar-refractivity contribution is 5.47. The smallest absolute Gasteiger partial charge is 0.0670 e. The summed E-state index contributed by atoms with van der Waals surface area (Å²) in [5, 5.41) is 3.75. The van der Waals surface area contributed by atoms with E-state index in [0.29, 0.717) is 17.6 Å². The van der Waals surface area contributed by atoms with Gasteiger partial charge in [0.2, 0.25) is 0 Å². The van der Waals surface area contributed by atoms with E-state index in [1.807, 2.05) is 0 Å². The summed E-state index contributed by atoms with van der Waals surface area (Å²) in [6.45, 7) is 5.19. The Morgan fingerprint density at radius 1 is 1.20 bits per heavy atom. The summed E-state index contributed by atoms with van der Waals surface area (Å²) in [5.74, 6) is 0. The van der Waals surface area contributed by atoms with Gasteiger partial charge in [0.15, 0.2) is 0 Å². The zero-order chi connectivity index (χ0) is 14.0. The first-order valence-corrected chi connectivity index (χ1v) is 8.25. The van der Waals surface area contributed by atoms with Gasteiger partial charge in [-0.25, -0.2) is 0 Å². The Kier molecular flexibility index (Phi) is 4.02. The van der Waals surface area contributed by atoms with Gasteiger partial charge in [-0.2, -0.15) is 0 Å². The van der Waals surface area contributed by atoms with Gasteiger partial charge in [-0.05, 0) is 50.3 Å². The minimum atomic E-state index is 0.443. The second-order valence-corrected chi connectivity index (χ2v) is 6.41. The lowest BCUT2D eigenvalue weighted by molar-refractivity contribution is -0.157. The molecule has 0 aromatic heterocycles. The number of hydrogen-bond donors (Lipinski definition) is 1. The molecule has 0 aliphatic heterocycles. The first-order valence-electron chi connectivity index (χ1n) is 8.25. The zero-order valence-electron chi connectivity index (χ0n) is 12.8. The molecule has 110 valence electrons. The third-order valence-corrected chi connectivity index (χ3v) is 5.27. The molecule has 0 heterocycles. The third kappa shape index (κ3) is 2.35. The van der Waals surface area contributed by atoms with Gasteiger partial charge in [0, 0.05) is 23.8 Å². The van der Waals surface area contributed by atoms with E-state index in [2.05, 4.69) is 43.4 Å². The highest BCUT2D eigenvalue weighted by Crippen LogP contribution is 2.58. The van der Waals surface area contributed by atoms with Crippen molar-refractivity contribution < 1.29 is 4.74 Å². The van der Waals surface area contributed by atoms with Crippen molar-refractivity contribution >= 4 is 5.69 Å². The highest BCUT2D eigenvalue weighted by Gasteiger charge is 2.58. The van der Waals surface area contributed by atoms with Crippen LogP contribution < -0.4 is 5.32 Å². The van der Waals surface area contributed by atoms with Gasteiger partial charge in [0.05, 0.1) is 6.10 Å². The van der Waals surface area contributed by atoms with Gasteiger partial charge in [0.25, 0.3) is 0 Å². The van der Waals surface area contributed by atoms with Crippen LogP contribution in [-0.2, 0) is 11.2 Å². The van der Waals surface area contributed by atoms with E-state index in [-0.39, 0.29) is 0 Å². The van der Waals surface area contributed by atoms with Crippen molar-refractivity contribution in [2.45, 2.75) is 64.5 Å². The van der Waals surface area contributed by atoms with Crippen LogP contribution in [0.4, 0.5) is 5.69 Å². The molecule has 0 amide bonds. The van der Waals surface area contributed by atoms with Crippen LogP contribution in [0.5, 0.6) is 0 Å². The number of anilines is 1. The molecule has 1 spiro atoms. The average Bonchev–Trinajstić information content (AvgIpc) is 2.38. The summed E-state index contributed by atoms with van der Waals surface area (Å²) in [4.78, 5) is 0. The summed E-state index contributed by atoms with van der Waals surface area (Å²) >= 11 is 0. The molecule has 2 fully saturated rings. The quantitative estimate of drug-likeness (QED) is 0.829. The normalized spacial score (nSPS) is 26.9. The maximum atomic E-state index is 5.91. The van der Waals surface area contributed by atoms with Crippen LogP contribution in [0.25, 0.3) is 0 Å². The van der Waals surface area contributed by atoms with Crippen LogP contribution in [0.2, 0.25) is 0 Å². The summed E-state index contributed by atoms with van der Waals surface area (Å²) in [6.07, 6.45) is 8.11. The summed E-state index contributed by atoms with van der Waals surface area (Å²) < 4.78 is 5.91. The number of ether oxygens (including phenoxy) is 1. The Morgan fingerprint density at radius 3 is 2.50 bits per heavy atom. The van der Waals surface area contributed by atoms with Crippen molar-refractivity contribution in [3.63, 3.8) is 0 Å². The summed E-state index contributed by atoms with van der Waals surface area (Å²) in [7, 11) is 0. The van der Waals surface area contributed by atoms with Crippen molar-refractivity contribution in [3.8, 4) is 0 Å². The number of benzene rings is 1. The lowest BCUT2D eigenvalue weighted by Crippen LogP contribution is -2.64.